The zero-order valence-electron chi connectivity index (χ0n) is 27.4. The van der Waals surface area contributed by atoms with Gasteiger partial charge in [-0.05, 0) is 87.7 Å². The molecule has 3 heteroatoms. The Labute approximate surface area is 277 Å². The first-order chi connectivity index (χ1) is 22.8. The quantitative estimate of drug-likeness (QED) is 0.160. The third-order valence-electron chi connectivity index (χ3n) is 9.12. The largest absolute Gasteiger partial charge is 0.304 e. The molecule has 0 fully saturated rings. The maximum absolute atomic E-state index is 12.7. The molecule has 0 bridgehead atoms. The lowest BCUT2D eigenvalue weighted by Gasteiger charge is -2.22. The van der Waals surface area contributed by atoms with Crippen molar-refractivity contribution >= 4 is 16.4 Å². The highest BCUT2D eigenvalue weighted by Gasteiger charge is 2.19. The molecular formula is C44H40N2O. The second-order valence-electron chi connectivity index (χ2n) is 13.6. The van der Waals surface area contributed by atoms with Crippen molar-refractivity contribution in [3.63, 3.8) is 0 Å². The van der Waals surface area contributed by atoms with Gasteiger partial charge in [-0.15, -0.1) is 0 Å². The maximum Gasteiger partial charge on any atom is 0.273 e. The molecule has 0 radical (unpaired) electrons. The third-order valence-corrected chi connectivity index (χ3v) is 9.12. The van der Waals surface area contributed by atoms with E-state index in [4.69, 9.17) is 0 Å². The highest BCUT2D eigenvalue weighted by atomic mass is 16.1. The van der Waals surface area contributed by atoms with Crippen LogP contribution < -0.4 is 5.56 Å². The summed E-state index contributed by atoms with van der Waals surface area (Å²) >= 11 is 0. The van der Waals surface area contributed by atoms with Gasteiger partial charge in [-0.2, -0.15) is 4.98 Å². The normalized spacial score (nSPS) is 11.7. The Hall–Kier alpha value is -5.28. The smallest absolute Gasteiger partial charge is 0.273 e. The summed E-state index contributed by atoms with van der Waals surface area (Å²) < 4.78 is 2.06. The Morgan fingerprint density at radius 2 is 1.11 bits per heavy atom. The number of fused-ring (bicyclic) bond motifs is 3. The summed E-state index contributed by atoms with van der Waals surface area (Å²) in [6.07, 6.45) is 6.05. The van der Waals surface area contributed by atoms with E-state index in [0.717, 1.165) is 47.7 Å². The fraction of sp³-hybridized carbons (Fsp3) is 0.182. The van der Waals surface area contributed by atoms with Crippen molar-refractivity contribution in [2.24, 2.45) is 0 Å². The van der Waals surface area contributed by atoms with Gasteiger partial charge in [0.05, 0.1) is 0 Å². The van der Waals surface area contributed by atoms with Crippen molar-refractivity contribution in [3.8, 4) is 22.3 Å². The average molecular weight is 613 g/mol. The molecule has 47 heavy (non-hydrogen) atoms. The molecule has 0 aliphatic rings. The van der Waals surface area contributed by atoms with Crippen LogP contribution in [0.5, 0.6) is 0 Å². The summed E-state index contributed by atoms with van der Waals surface area (Å²) in [5, 5.41) is 2.04. The first kappa shape index (κ1) is 30.4. The summed E-state index contributed by atoms with van der Waals surface area (Å²) in [7, 11) is 0. The topological polar surface area (TPSA) is 34.4 Å². The van der Waals surface area contributed by atoms with Gasteiger partial charge in [0.2, 0.25) is 0 Å². The highest BCUT2D eigenvalue weighted by molar-refractivity contribution is 5.98. The molecule has 7 aromatic rings. The minimum Gasteiger partial charge on any atom is -0.304 e. The molecule has 2 aromatic heterocycles. The van der Waals surface area contributed by atoms with Crippen molar-refractivity contribution in [1.29, 1.82) is 0 Å². The average Bonchev–Trinajstić information content (AvgIpc) is 3.09. The molecule has 2 heterocycles. The Bertz CT molecular complexity index is 2180. The van der Waals surface area contributed by atoms with Crippen LogP contribution in [-0.2, 0) is 31.1 Å². The van der Waals surface area contributed by atoms with Crippen molar-refractivity contribution in [2.45, 2.75) is 51.9 Å². The van der Waals surface area contributed by atoms with Gasteiger partial charge >= 0.3 is 0 Å². The van der Waals surface area contributed by atoms with E-state index in [1.807, 2.05) is 0 Å². The third kappa shape index (κ3) is 6.66. The standard InChI is InChI=1S/C44H40N2O/c1-44(2,3)41-30-42(47)45-43-40-23-22-35(29-36(40)24-25-46(41)43)38-16-10-11-17-39(38)37-27-33(20-18-31-12-6-4-7-13-31)26-34(28-37)21-19-32-14-8-5-9-15-32/h4-17,22-30H,18-21H2,1-3H3. The van der Waals surface area contributed by atoms with E-state index in [1.54, 1.807) is 6.07 Å². The van der Waals surface area contributed by atoms with Gasteiger partial charge in [0.1, 0.15) is 5.65 Å². The number of aryl methyl sites for hydroxylation is 4. The van der Waals surface area contributed by atoms with Crippen LogP contribution in [0.2, 0.25) is 0 Å². The number of rotatable bonds is 8. The fourth-order valence-corrected chi connectivity index (χ4v) is 6.70. The summed E-state index contributed by atoms with van der Waals surface area (Å²) in [5.74, 6) is 0. The van der Waals surface area contributed by atoms with Crippen molar-refractivity contribution in [3.05, 3.63) is 178 Å². The van der Waals surface area contributed by atoms with Crippen molar-refractivity contribution < 1.29 is 0 Å². The molecule has 0 saturated heterocycles. The highest BCUT2D eigenvalue weighted by Crippen LogP contribution is 2.36. The zero-order chi connectivity index (χ0) is 32.4. The molecular weight excluding hydrogens is 572 g/mol. The van der Waals surface area contributed by atoms with Gasteiger partial charge in [-0.3, -0.25) is 4.79 Å². The molecule has 7 rings (SSSR count). The van der Waals surface area contributed by atoms with Crippen molar-refractivity contribution in [1.82, 2.24) is 9.38 Å². The molecule has 5 aromatic carbocycles. The lowest BCUT2D eigenvalue weighted by Crippen LogP contribution is -2.22. The fourth-order valence-electron chi connectivity index (χ4n) is 6.70. The lowest BCUT2D eigenvalue weighted by molar-refractivity contribution is 0.557. The van der Waals surface area contributed by atoms with E-state index in [0.29, 0.717) is 5.65 Å². The Balaban J connectivity index is 1.29. The number of benzene rings is 5. The SMILES string of the molecule is CC(C)(C)c1cc(=O)nc2c3ccc(-c4ccccc4-c4cc(CCc5ccccc5)cc(CCc5ccccc5)c4)cc3ccn12. The number of hydrogen-bond donors (Lipinski definition) is 0. The van der Waals surface area contributed by atoms with Crippen LogP contribution >= 0.6 is 0 Å². The van der Waals surface area contributed by atoms with Crippen LogP contribution in [0, 0.1) is 0 Å². The molecule has 232 valence electrons. The Kier molecular flexibility index (Phi) is 8.30. The zero-order valence-corrected chi connectivity index (χ0v) is 27.4. The van der Waals surface area contributed by atoms with E-state index in [1.165, 1.54) is 38.9 Å². The second kappa shape index (κ2) is 12.8. The van der Waals surface area contributed by atoms with E-state index in [-0.39, 0.29) is 11.0 Å². The van der Waals surface area contributed by atoms with Gasteiger partial charge in [0.15, 0.2) is 0 Å². The van der Waals surface area contributed by atoms with E-state index < -0.39 is 0 Å². The molecule has 0 unspecified atom stereocenters. The number of nitrogens with zero attached hydrogens (tertiary/aromatic N) is 2. The van der Waals surface area contributed by atoms with Crippen LogP contribution in [0.1, 0.15) is 48.7 Å². The number of aromatic nitrogens is 2. The predicted molar refractivity (Wildman–Crippen MR) is 196 cm³/mol. The molecule has 0 saturated carbocycles. The monoisotopic (exact) mass is 612 g/mol. The van der Waals surface area contributed by atoms with Crippen molar-refractivity contribution in [2.75, 3.05) is 0 Å². The molecule has 0 spiro atoms. The first-order valence-electron chi connectivity index (χ1n) is 16.6. The Morgan fingerprint density at radius 3 is 1.70 bits per heavy atom. The molecule has 0 amide bonds. The van der Waals surface area contributed by atoms with Crippen LogP contribution in [0.25, 0.3) is 38.7 Å². The maximum atomic E-state index is 12.7. The summed E-state index contributed by atoms with van der Waals surface area (Å²) in [4.78, 5) is 17.1. The van der Waals surface area contributed by atoms with Gasteiger partial charge in [-0.25, -0.2) is 0 Å². The summed E-state index contributed by atoms with van der Waals surface area (Å²) in [5.41, 5.74) is 11.5. The number of pyridine rings is 1. The van der Waals surface area contributed by atoms with E-state index >= 15 is 0 Å². The predicted octanol–water partition coefficient (Wildman–Crippen LogP) is 10.0. The summed E-state index contributed by atoms with van der Waals surface area (Å²) in [6.45, 7) is 6.38. The number of hydrogen-bond acceptors (Lipinski definition) is 2. The van der Waals surface area contributed by atoms with E-state index in [2.05, 4.69) is 164 Å². The van der Waals surface area contributed by atoms with Gasteiger partial charge in [0, 0.05) is 28.8 Å². The molecule has 0 N–H and O–H groups in total. The molecule has 0 atom stereocenters. The summed E-state index contributed by atoms with van der Waals surface area (Å²) in [6, 6.07) is 47.7. The van der Waals surface area contributed by atoms with Crippen LogP contribution in [0.15, 0.2) is 144 Å². The lowest BCUT2D eigenvalue weighted by atomic mass is 9.89. The van der Waals surface area contributed by atoms with Gasteiger partial charge < -0.3 is 4.40 Å². The van der Waals surface area contributed by atoms with Gasteiger partial charge in [-0.1, -0.05) is 136 Å². The first-order valence-corrected chi connectivity index (χ1v) is 16.6. The minimum atomic E-state index is -0.202. The second-order valence-corrected chi connectivity index (χ2v) is 13.6. The van der Waals surface area contributed by atoms with Crippen LogP contribution in [-0.4, -0.2) is 9.38 Å². The van der Waals surface area contributed by atoms with E-state index in [9.17, 15) is 4.79 Å². The Morgan fingerprint density at radius 1 is 0.553 bits per heavy atom. The molecule has 0 aliphatic carbocycles. The van der Waals surface area contributed by atoms with Gasteiger partial charge in [0.25, 0.3) is 5.56 Å². The minimum absolute atomic E-state index is 0.187. The van der Waals surface area contributed by atoms with Crippen LogP contribution in [0.4, 0.5) is 0 Å². The molecule has 3 nitrogen and oxygen atoms in total. The molecule has 0 aliphatic heterocycles. The van der Waals surface area contributed by atoms with Crippen LogP contribution in [0.3, 0.4) is 0 Å².